The quantitative estimate of drug-likeness (QED) is 0.905. The zero-order valence-corrected chi connectivity index (χ0v) is 10.9. The summed E-state index contributed by atoms with van der Waals surface area (Å²) < 4.78 is 27.6. The van der Waals surface area contributed by atoms with Gasteiger partial charge < -0.3 is 5.32 Å². The van der Waals surface area contributed by atoms with Crippen molar-refractivity contribution in [3.05, 3.63) is 42.0 Å². The largest absolute Gasteiger partial charge is 0.378 e. The van der Waals surface area contributed by atoms with Crippen LogP contribution in [0.4, 0.5) is 14.5 Å². The monoisotopic (exact) mass is 266 g/mol. The molecule has 4 nitrogen and oxygen atoms in total. The summed E-state index contributed by atoms with van der Waals surface area (Å²) >= 11 is 0. The van der Waals surface area contributed by atoms with Crippen molar-refractivity contribution in [2.75, 3.05) is 5.32 Å². The van der Waals surface area contributed by atoms with Crippen LogP contribution in [0, 0.1) is 17.6 Å². The Kier molecular flexibility index (Phi) is 4.09. The second kappa shape index (κ2) is 5.77. The number of nitrogens with zero attached hydrogens (tertiary/aromatic N) is 3. The lowest BCUT2D eigenvalue weighted by atomic mass is 10.2. The van der Waals surface area contributed by atoms with Crippen LogP contribution in [0.5, 0.6) is 0 Å². The van der Waals surface area contributed by atoms with Crippen LogP contribution in [0.3, 0.4) is 0 Å². The van der Waals surface area contributed by atoms with Gasteiger partial charge in [0.15, 0.2) is 11.6 Å². The van der Waals surface area contributed by atoms with Crippen LogP contribution >= 0.6 is 0 Å². The SMILES string of the molecule is CC(C)Cn1ncnc1CNc1ccc(F)c(F)c1. The minimum absolute atomic E-state index is 0.414. The maximum absolute atomic E-state index is 13.0. The summed E-state index contributed by atoms with van der Waals surface area (Å²) in [5.74, 6) is -0.496. The molecule has 0 saturated heterocycles. The fraction of sp³-hybridized carbons (Fsp3) is 0.385. The number of nitrogens with one attached hydrogen (secondary N) is 1. The number of hydrogen-bond donors (Lipinski definition) is 1. The Hall–Kier alpha value is -1.98. The molecule has 0 radical (unpaired) electrons. The van der Waals surface area contributed by atoms with E-state index >= 15 is 0 Å². The topological polar surface area (TPSA) is 42.7 Å². The molecule has 0 fully saturated rings. The second-order valence-corrected chi connectivity index (χ2v) is 4.73. The summed E-state index contributed by atoms with van der Waals surface area (Å²) in [6, 6.07) is 3.70. The number of hydrogen-bond acceptors (Lipinski definition) is 3. The van der Waals surface area contributed by atoms with E-state index in [0.29, 0.717) is 18.2 Å². The molecular formula is C13H16F2N4. The Bertz CT molecular complexity index is 551. The predicted octanol–water partition coefficient (Wildman–Crippen LogP) is 2.82. The minimum atomic E-state index is -0.867. The number of anilines is 1. The Morgan fingerprint density at radius 1 is 1.26 bits per heavy atom. The third kappa shape index (κ3) is 3.49. The molecule has 0 unspecified atom stereocenters. The van der Waals surface area contributed by atoms with Gasteiger partial charge in [-0.3, -0.25) is 0 Å². The number of halogens is 2. The summed E-state index contributed by atoms with van der Waals surface area (Å²) in [5.41, 5.74) is 0.512. The van der Waals surface area contributed by atoms with Gasteiger partial charge in [-0.1, -0.05) is 13.8 Å². The first-order valence-electron chi connectivity index (χ1n) is 6.12. The van der Waals surface area contributed by atoms with E-state index in [0.717, 1.165) is 24.5 Å². The molecule has 2 rings (SSSR count). The average molecular weight is 266 g/mol. The maximum Gasteiger partial charge on any atom is 0.160 e. The van der Waals surface area contributed by atoms with E-state index in [1.165, 1.54) is 12.4 Å². The van der Waals surface area contributed by atoms with Crippen LogP contribution in [0.1, 0.15) is 19.7 Å². The van der Waals surface area contributed by atoms with Gasteiger partial charge >= 0.3 is 0 Å². The second-order valence-electron chi connectivity index (χ2n) is 4.73. The molecule has 0 aliphatic heterocycles. The zero-order chi connectivity index (χ0) is 13.8. The average Bonchev–Trinajstić information content (AvgIpc) is 2.77. The van der Waals surface area contributed by atoms with E-state index in [2.05, 4.69) is 29.2 Å². The molecule has 1 N–H and O–H groups in total. The molecule has 0 aliphatic carbocycles. The van der Waals surface area contributed by atoms with Crippen molar-refractivity contribution in [3.63, 3.8) is 0 Å². The molecule has 2 aromatic rings. The highest BCUT2D eigenvalue weighted by Crippen LogP contribution is 2.14. The molecule has 1 aromatic carbocycles. The van der Waals surface area contributed by atoms with Crippen molar-refractivity contribution in [1.82, 2.24) is 14.8 Å². The van der Waals surface area contributed by atoms with Gasteiger partial charge in [0, 0.05) is 18.3 Å². The summed E-state index contributed by atoms with van der Waals surface area (Å²) in [4.78, 5) is 4.15. The molecule has 1 heterocycles. The molecule has 19 heavy (non-hydrogen) atoms. The van der Waals surface area contributed by atoms with E-state index in [1.807, 2.05) is 0 Å². The summed E-state index contributed by atoms with van der Waals surface area (Å²) in [7, 11) is 0. The Morgan fingerprint density at radius 2 is 2.05 bits per heavy atom. The van der Waals surface area contributed by atoms with Crippen molar-refractivity contribution in [3.8, 4) is 0 Å². The van der Waals surface area contributed by atoms with E-state index in [1.54, 1.807) is 4.68 Å². The Morgan fingerprint density at radius 3 is 2.74 bits per heavy atom. The molecule has 1 aromatic heterocycles. The smallest absolute Gasteiger partial charge is 0.160 e. The van der Waals surface area contributed by atoms with Gasteiger partial charge in [-0.15, -0.1) is 0 Å². The first-order chi connectivity index (χ1) is 9.06. The molecule has 0 aliphatic rings. The number of rotatable bonds is 5. The number of benzene rings is 1. The fourth-order valence-corrected chi connectivity index (χ4v) is 1.71. The molecule has 0 atom stereocenters. The molecular weight excluding hydrogens is 250 g/mol. The molecule has 102 valence electrons. The molecule has 0 saturated carbocycles. The van der Waals surface area contributed by atoms with E-state index in [4.69, 9.17) is 0 Å². The first-order valence-corrected chi connectivity index (χ1v) is 6.12. The Labute approximate surface area is 110 Å². The van der Waals surface area contributed by atoms with Gasteiger partial charge in [0.05, 0.1) is 6.54 Å². The molecule has 0 spiro atoms. The highest BCUT2D eigenvalue weighted by Gasteiger charge is 2.07. The molecule has 6 heteroatoms. The van der Waals surface area contributed by atoms with Gasteiger partial charge in [-0.25, -0.2) is 18.4 Å². The lowest BCUT2D eigenvalue weighted by Gasteiger charge is -2.10. The van der Waals surface area contributed by atoms with Crippen LogP contribution in [0.25, 0.3) is 0 Å². The van der Waals surface area contributed by atoms with E-state index in [9.17, 15) is 8.78 Å². The van der Waals surface area contributed by atoms with Gasteiger partial charge in [-0.05, 0) is 18.1 Å². The molecule has 0 amide bonds. The van der Waals surface area contributed by atoms with Crippen LogP contribution < -0.4 is 5.32 Å². The molecule has 0 bridgehead atoms. The predicted molar refractivity (Wildman–Crippen MR) is 68.5 cm³/mol. The summed E-state index contributed by atoms with van der Waals surface area (Å²) in [6.07, 6.45) is 1.49. The van der Waals surface area contributed by atoms with E-state index < -0.39 is 11.6 Å². The van der Waals surface area contributed by atoms with Crippen molar-refractivity contribution in [1.29, 1.82) is 0 Å². The van der Waals surface area contributed by atoms with Crippen LogP contribution in [0.15, 0.2) is 24.5 Å². The van der Waals surface area contributed by atoms with Crippen LogP contribution in [-0.2, 0) is 13.1 Å². The third-order valence-electron chi connectivity index (χ3n) is 2.60. The van der Waals surface area contributed by atoms with E-state index in [-0.39, 0.29) is 0 Å². The first kappa shape index (κ1) is 13.5. The normalized spacial score (nSPS) is 11.0. The summed E-state index contributed by atoms with van der Waals surface area (Å²) in [5, 5.41) is 7.13. The van der Waals surface area contributed by atoms with Crippen molar-refractivity contribution in [2.24, 2.45) is 5.92 Å². The zero-order valence-electron chi connectivity index (χ0n) is 10.9. The highest BCUT2D eigenvalue weighted by atomic mass is 19.2. The third-order valence-corrected chi connectivity index (χ3v) is 2.60. The number of aromatic nitrogens is 3. The highest BCUT2D eigenvalue weighted by molar-refractivity contribution is 5.43. The Balaban J connectivity index is 2.02. The van der Waals surface area contributed by atoms with Gasteiger partial charge in [0.25, 0.3) is 0 Å². The fourth-order valence-electron chi connectivity index (χ4n) is 1.71. The van der Waals surface area contributed by atoms with Gasteiger partial charge in [0.2, 0.25) is 0 Å². The van der Waals surface area contributed by atoms with Crippen molar-refractivity contribution < 1.29 is 8.78 Å². The van der Waals surface area contributed by atoms with Gasteiger partial charge in [0.1, 0.15) is 12.2 Å². The standard InChI is InChI=1S/C13H16F2N4/c1-9(2)7-19-13(17-8-18-19)6-16-10-3-4-11(14)12(15)5-10/h3-5,8-9,16H,6-7H2,1-2H3. The van der Waals surface area contributed by atoms with Crippen molar-refractivity contribution >= 4 is 5.69 Å². The van der Waals surface area contributed by atoms with Gasteiger partial charge in [-0.2, -0.15) is 5.10 Å². The van der Waals surface area contributed by atoms with Crippen molar-refractivity contribution in [2.45, 2.75) is 26.9 Å². The lowest BCUT2D eigenvalue weighted by molar-refractivity contribution is 0.468. The minimum Gasteiger partial charge on any atom is -0.378 e. The maximum atomic E-state index is 13.0. The van der Waals surface area contributed by atoms with Crippen LogP contribution in [0.2, 0.25) is 0 Å². The van der Waals surface area contributed by atoms with Crippen LogP contribution in [-0.4, -0.2) is 14.8 Å². The summed E-state index contributed by atoms with van der Waals surface area (Å²) in [6.45, 7) is 5.37. The lowest BCUT2D eigenvalue weighted by Crippen LogP contribution is -2.13.